The second-order valence-corrected chi connectivity index (χ2v) is 5.74. The van der Waals surface area contributed by atoms with E-state index in [9.17, 15) is 12.5 Å². The molecule has 0 aromatic heterocycles. The summed E-state index contributed by atoms with van der Waals surface area (Å²) < 4.78 is 30.8. The molecule has 0 rings (SSSR count). The summed E-state index contributed by atoms with van der Waals surface area (Å²) in [5.41, 5.74) is 0. The Morgan fingerprint density at radius 2 is 2.15 bits per heavy atom. The van der Waals surface area contributed by atoms with Crippen LogP contribution in [0.15, 0.2) is 0 Å². The van der Waals surface area contributed by atoms with Gasteiger partial charge in [0, 0.05) is 0 Å². The molecule has 0 unspecified atom stereocenters. The Labute approximate surface area is 81.9 Å². The average molecular weight is 276 g/mol. The van der Waals surface area contributed by atoms with Crippen LogP contribution in [-0.2, 0) is 12.5 Å². The summed E-state index contributed by atoms with van der Waals surface area (Å²) in [7, 11) is 0. The van der Waals surface area contributed by atoms with E-state index in [4.69, 9.17) is 9.30 Å². The number of aliphatic carboxylic acids is 1. The molecule has 0 aliphatic carbocycles. The molecular formula is C5H11NO5SSe. The summed E-state index contributed by atoms with van der Waals surface area (Å²) in [5.74, 6) is -0.770. The second kappa shape index (κ2) is 5.56. The SMILES string of the molecule is CSCC[C@H](N[Se](=O)(=O)O)C(=O)O. The zero-order valence-electron chi connectivity index (χ0n) is 6.93. The Morgan fingerprint density at radius 3 is 2.46 bits per heavy atom. The van der Waals surface area contributed by atoms with E-state index in [0.717, 1.165) is 0 Å². The summed E-state index contributed by atoms with van der Waals surface area (Å²) in [6.45, 7) is 0. The van der Waals surface area contributed by atoms with Crippen molar-refractivity contribution in [3.63, 3.8) is 0 Å². The molecule has 8 heteroatoms. The average Bonchev–Trinajstić information content (AvgIpc) is 1.95. The van der Waals surface area contributed by atoms with Crippen molar-refractivity contribution in [2.45, 2.75) is 12.5 Å². The van der Waals surface area contributed by atoms with E-state index >= 15 is 0 Å². The van der Waals surface area contributed by atoms with Crippen molar-refractivity contribution in [2.75, 3.05) is 12.0 Å². The molecule has 0 radical (unpaired) electrons. The van der Waals surface area contributed by atoms with Crippen LogP contribution in [0.1, 0.15) is 6.42 Å². The molecule has 6 nitrogen and oxygen atoms in total. The van der Waals surface area contributed by atoms with Gasteiger partial charge in [-0.25, -0.2) is 0 Å². The van der Waals surface area contributed by atoms with Crippen LogP contribution in [0, 0.1) is 0 Å². The van der Waals surface area contributed by atoms with E-state index in [0.29, 0.717) is 5.75 Å². The Hall–Kier alpha value is -0.141. The normalized spacial score (nSPS) is 14.0. The molecule has 0 aliphatic rings. The summed E-state index contributed by atoms with van der Waals surface area (Å²) in [6, 6.07) is -1.23. The minimum atomic E-state index is -5.14. The summed E-state index contributed by atoms with van der Waals surface area (Å²) in [6.07, 6.45) is 1.93. The zero-order chi connectivity index (χ0) is 10.5. The fourth-order valence-corrected chi connectivity index (χ4v) is 2.33. The van der Waals surface area contributed by atoms with Gasteiger partial charge in [0.15, 0.2) is 0 Å². The van der Waals surface area contributed by atoms with E-state index in [1.54, 1.807) is 10.6 Å². The van der Waals surface area contributed by atoms with Gasteiger partial charge >= 0.3 is 81.6 Å². The molecular weight excluding hydrogens is 265 g/mol. The van der Waals surface area contributed by atoms with Gasteiger partial charge in [-0.15, -0.1) is 0 Å². The quantitative estimate of drug-likeness (QED) is 0.538. The minimum absolute atomic E-state index is 0.153. The van der Waals surface area contributed by atoms with Gasteiger partial charge in [-0.2, -0.15) is 0 Å². The van der Waals surface area contributed by atoms with Crippen molar-refractivity contribution in [2.24, 2.45) is 0 Å². The number of rotatable bonds is 6. The van der Waals surface area contributed by atoms with Gasteiger partial charge in [0.05, 0.1) is 0 Å². The molecule has 78 valence electrons. The first-order chi connectivity index (χ1) is 5.87. The van der Waals surface area contributed by atoms with Crippen molar-refractivity contribution in [3.05, 3.63) is 0 Å². The first-order valence-corrected chi connectivity index (χ1v) is 7.75. The Bertz CT molecular complexity index is 264. The number of hydrogen-bond donors (Lipinski definition) is 3. The van der Waals surface area contributed by atoms with Gasteiger partial charge < -0.3 is 0 Å². The third-order valence-electron chi connectivity index (χ3n) is 1.20. The van der Waals surface area contributed by atoms with Crippen LogP contribution >= 0.6 is 11.8 Å². The molecule has 0 spiro atoms. The molecule has 0 amide bonds. The van der Waals surface area contributed by atoms with Crippen LogP contribution in [0.4, 0.5) is 0 Å². The van der Waals surface area contributed by atoms with Gasteiger partial charge in [-0.05, 0) is 0 Å². The maximum absolute atomic E-state index is 10.4. The molecule has 3 N–H and O–H groups in total. The van der Waals surface area contributed by atoms with Gasteiger partial charge in [0.25, 0.3) is 0 Å². The molecule has 1 atom stereocenters. The molecule has 0 bridgehead atoms. The number of carbonyl (C=O) groups is 1. The van der Waals surface area contributed by atoms with Crippen molar-refractivity contribution in [1.82, 2.24) is 4.33 Å². The van der Waals surface area contributed by atoms with E-state index in [1.807, 2.05) is 0 Å². The predicted octanol–water partition coefficient (Wildman–Crippen LogP) is -0.929. The van der Waals surface area contributed by atoms with Crippen LogP contribution in [0.5, 0.6) is 0 Å². The monoisotopic (exact) mass is 277 g/mol. The Morgan fingerprint density at radius 1 is 1.62 bits per heavy atom. The first-order valence-electron chi connectivity index (χ1n) is 3.33. The van der Waals surface area contributed by atoms with E-state index in [-0.39, 0.29) is 6.42 Å². The molecule has 0 fully saturated rings. The van der Waals surface area contributed by atoms with Crippen LogP contribution in [0.3, 0.4) is 0 Å². The van der Waals surface area contributed by atoms with Crippen molar-refractivity contribution in [3.8, 4) is 0 Å². The molecule has 13 heavy (non-hydrogen) atoms. The predicted molar refractivity (Wildman–Crippen MR) is 46.9 cm³/mol. The Kier molecular flexibility index (Phi) is 5.50. The standard InChI is InChI=1S/C5H11NO5SSe/c1-12-3-2-4(5(7)8)6-13(9,10)11/h4,6H,2-3H2,1H3,(H,7,8)(H,9,10,11)/t4-/m0/s1. The van der Waals surface area contributed by atoms with E-state index < -0.39 is 25.3 Å². The molecule has 0 aromatic carbocycles. The first kappa shape index (κ1) is 12.9. The number of carboxylic acids is 1. The maximum atomic E-state index is 10.4. The van der Waals surface area contributed by atoms with Gasteiger partial charge in [0.2, 0.25) is 0 Å². The summed E-state index contributed by atoms with van der Waals surface area (Å²) in [5, 5.41) is 8.53. The van der Waals surface area contributed by atoms with E-state index in [2.05, 4.69) is 0 Å². The Balaban J connectivity index is 4.19. The topological polar surface area (TPSA) is 104 Å². The fraction of sp³-hybridized carbons (Fsp3) is 0.800. The third-order valence-corrected chi connectivity index (χ3v) is 3.07. The van der Waals surface area contributed by atoms with Gasteiger partial charge in [-0.3, -0.25) is 0 Å². The van der Waals surface area contributed by atoms with Crippen LogP contribution in [-0.4, -0.2) is 46.6 Å². The van der Waals surface area contributed by atoms with E-state index in [1.165, 1.54) is 11.8 Å². The molecule has 0 saturated heterocycles. The second-order valence-electron chi connectivity index (χ2n) is 2.27. The molecule has 0 saturated carbocycles. The van der Waals surface area contributed by atoms with Crippen LogP contribution < -0.4 is 4.33 Å². The third kappa shape index (κ3) is 6.97. The van der Waals surface area contributed by atoms with Crippen molar-refractivity contribution < 1.29 is 21.8 Å². The summed E-state index contributed by atoms with van der Waals surface area (Å²) in [4.78, 5) is 10.4. The number of hydrogen-bond acceptors (Lipinski definition) is 4. The summed E-state index contributed by atoms with van der Waals surface area (Å²) >= 11 is -3.74. The number of carboxylic acid groups (broad SMARTS) is 1. The molecule has 0 aromatic rings. The van der Waals surface area contributed by atoms with Gasteiger partial charge in [0.1, 0.15) is 0 Å². The van der Waals surface area contributed by atoms with Crippen LogP contribution in [0.25, 0.3) is 0 Å². The zero-order valence-corrected chi connectivity index (χ0v) is 9.46. The van der Waals surface area contributed by atoms with Crippen molar-refractivity contribution >= 4 is 31.0 Å². The molecule has 0 aliphatic heterocycles. The molecule has 0 heterocycles. The number of nitrogens with one attached hydrogen (secondary N) is 1. The van der Waals surface area contributed by atoms with Crippen LogP contribution in [0.2, 0.25) is 0 Å². The van der Waals surface area contributed by atoms with Gasteiger partial charge in [-0.1, -0.05) is 0 Å². The fourth-order valence-electron chi connectivity index (χ4n) is 0.648. The van der Waals surface area contributed by atoms with Crippen molar-refractivity contribution in [1.29, 1.82) is 0 Å². The number of thioether (sulfide) groups is 1.